The van der Waals surface area contributed by atoms with Crippen molar-refractivity contribution in [2.45, 2.75) is 12.8 Å². The Morgan fingerprint density at radius 2 is 2.00 bits per heavy atom. The van der Waals surface area contributed by atoms with Gasteiger partial charge in [0.25, 0.3) is 5.91 Å². The number of hydrogen-bond acceptors (Lipinski definition) is 3. The van der Waals surface area contributed by atoms with E-state index in [9.17, 15) is 9.59 Å². The van der Waals surface area contributed by atoms with Crippen molar-refractivity contribution in [3.05, 3.63) is 48.3 Å². The lowest BCUT2D eigenvalue weighted by Crippen LogP contribution is -2.42. The van der Waals surface area contributed by atoms with Crippen LogP contribution in [0.25, 0.3) is 5.69 Å². The fourth-order valence-electron chi connectivity index (χ4n) is 2.72. The van der Waals surface area contributed by atoms with Crippen LogP contribution in [0.1, 0.15) is 23.2 Å². The lowest BCUT2D eigenvalue weighted by Gasteiger charge is -2.30. The Hall–Kier alpha value is -2.63. The van der Waals surface area contributed by atoms with Crippen molar-refractivity contribution in [1.29, 1.82) is 0 Å². The van der Waals surface area contributed by atoms with Gasteiger partial charge in [-0.05, 0) is 43.2 Å². The van der Waals surface area contributed by atoms with Crippen molar-refractivity contribution < 1.29 is 14.7 Å². The fourth-order valence-corrected chi connectivity index (χ4v) is 2.72. The molecule has 1 aliphatic heterocycles. The second kappa shape index (κ2) is 6.01. The number of aliphatic carboxylic acids is 1. The molecule has 1 N–H and O–H groups in total. The predicted octanol–water partition coefficient (Wildman–Crippen LogP) is 1.81. The number of benzene rings is 1. The number of rotatable bonds is 3. The largest absolute Gasteiger partial charge is 0.481 e. The third kappa shape index (κ3) is 2.86. The number of carboxylic acid groups (broad SMARTS) is 1. The van der Waals surface area contributed by atoms with Crippen molar-refractivity contribution >= 4 is 11.9 Å². The number of amides is 1. The number of nitrogens with zero attached hydrogens (tertiary/aromatic N) is 3. The summed E-state index contributed by atoms with van der Waals surface area (Å²) >= 11 is 0. The third-order valence-electron chi connectivity index (χ3n) is 3.94. The van der Waals surface area contributed by atoms with E-state index in [0.717, 1.165) is 12.1 Å². The first-order chi connectivity index (χ1) is 10.6. The summed E-state index contributed by atoms with van der Waals surface area (Å²) in [5.74, 6) is -1.40. The van der Waals surface area contributed by atoms with Crippen LogP contribution in [-0.4, -0.2) is 44.8 Å². The van der Waals surface area contributed by atoms with Crippen LogP contribution in [0.2, 0.25) is 0 Å². The van der Waals surface area contributed by atoms with Gasteiger partial charge in [0.05, 0.1) is 11.6 Å². The molecule has 1 unspecified atom stereocenters. The Bertz CT molecular complexity index is 664. The third-order valence-corrected chi connectivity index (χ3v) is 3.94. The van der Waals surface area contributed by atoms with E-state index in [2.05, 4.69) is 5.10 Å². The highest BCUT2D eigenvalue weighted by atomic mass is 16.4. The smallest absolute Gasteiger partial charge is 0.308 e. The van der Waals surface area contributed by atoms with Crippen LogP contribution in [0.15, 0.2) is 42.7 Å². The van der Waals surface area contributed by atoms with Crippen molar-refractivity contribution in [2.24, 2.45) is 5.92 Å². The summed E-state index contributed by atoms with van der Waals surface area (Å²) < 4.78 is 1.72. The van der Waals surface area contributed by atoms with Gasteiger partial charge in [0.15, 0.2) is 0 Å². The summed E-state index contributed by atoms with van der Waals surface area (Å²) in [6.45, 7) is 0.901. The zero-order valence-corrected chi connectivity index (χ0v) is 12.1. The summed E-state index contributed by atoms with van der Waals surface area (Å²) in [5, 5.41) is 13.2. The SMILES string of the molecule is O=C(O)C1CCCN(C(=O)c2ccc(-n3cccn3)cc2)C1. The number of aromatic nitrogens is 2. The summed E-state index contributed by atoms with van der Waals surface area (Å²) in [6, 6.07) is 9.00. The summed E-state index contributed by atoms with van der Waals surface area (Å²) in [4.78, 5) is 25.2. The van der Waals surface area contributed by atoms with E-state index in [4.69, 9.17) is 5.11 Å². The Balaban J connectivity index is 1.73. The number of hydrogen-bond donors (Lipinski definition) is 1. The molecule has 0 spiro atoms. The first-order valence-electron chi connectivity index (χ1n) is 7.27. The minimum absolute atomic E-state index is 0.113. The summed E-state index contributed by atoms with van der Waals surface area (Å²) in [5.41, 5.74) is 1.45. The van der Waals surface area contributed by atoms with Crippen molar-refractivity contribution in [1.82, 2.24) is 14.7 Å². The zero-order chi connectivity index (χ0) is 15.5. The van der Waals surface area contributed by atoms with Crippen molar-refractivity contribution in [3.63, 3.8) is 0 Å². The number of carbonyl (C=O) groups is 2. The molecule has 6 nitrogen and oxygen atoms in total. The number of piperidine rings is 1. The summed E-state index contributed by atoms with van der Waals surface area (Å²) in [6.07, 6.45) is 4.89. The molecular weight excluding hydrogens is 282 g/mol. The van der Waals surface area contributed by atoms with Crippen LogP contribution in [-0.2, 0) is 4.79 Å². The van der Waals surface area contributed by atoms with E-state index in [1.165, 1.54) is 0 Å². The van der Waals surface area contributed by atoms with Crippen molar-refractivity contribution in [2.75, 3.05) is 13.1 Å². The minimum atomic E-state index is -0.827. The molecule has 114 valence electrons. The maximum Gasteiger partial charge on any atom is 0.308 e. The van der Waals surface area contributed by atoms with Gasteiger partial charge in [0.2, 0.25) is 0 Å². The molecule has 0 aliphatic carbocycles. The van der Waals surface area contributed by atoms with E-state index in [1.54, 1.807) is 27.9 Å². The molecule has 1 saturated heterocycles. The fraction of sp³-hybridized carbons (Fsp3) is 0.312. The summed E-state index contributed by atoms with van der Waals surface area (Å²) in [7, 11) is 0. The standard InChI is InChI=1S/C16H17N3O3/c20-15(18-9-1-3-13(11-18)16(21)22)12-4-6-14(7-5-12)19-10-2-8-17-19/h2,4-8,10,13H,1,3,9,11H2,(H,21,22). The Labute approximate surface area is 128 Å². The molecule has 0 bridgehead atoms. The van der Waals surface area contributed by atoms with Crippen LogP contribution in [0.5, 0.6) is 0 Å². The quantitative estimate of drug-likeness (QED) is 0.938. The normalized spacial score (nSPS) is 18.2. The molecule has 2 heterocycles. The van der Waals surface area contributed by atoms with Gasteiger partial charge < -0.3 is 10.0 Å². The molecule has 2 aromatic rings. The minimum Gasteiger partial charge on any atom is -0.481 e. The van der Waals surface area contributed by atoms with E-state index < -0.39 is 11.9 Å². The zero-order valence-electron chi connectivity index (χ0n) is 12.1. The van der Waals surface area contributed by atoms with Gasteiger partial charge >= 0.3 is 5.97 Å². The highest BCUT2D eigenvalue weighted by Crippen LogP contribution is 2.19. The Morgan fingerprint density at radius 3 is 2.64 bits per heavy atom. The van der Waals surface area contributed by atoms with Gasteiger partial charge in [-0.3, -0.25) is 9.59 Å². The molecule has 1 aromatic carbocycles. The van der Waals surface area contributed by atoms with Gasteiger partial charge in [0.1, 0.15) is 0 Å². The van der Waals surface area contributed by atoms with Gasteiger partial charge in [-0.2, -0.15) is 5.10 Å². The number of carboxylic acids is 1. The van der Waals surface area contributed by atoms with E-state index in [1.807, 2.05) is 24.4 Å². The molecule has 1 atom stereocenters. The number of likely N-dealkylation sites (tertiary alicyclic amines) is 1. The maximum absolute atomic E-state index is 12.5. The van der Waals surface area contributed by atoms with E-state index in [0.29, 0.717) is 18.5 Å². The van der Waals surface area contributed by atoms with Gasteiger partial charge in [-0.1, -0.05) is 0 Å². The van der Waals surface area contributed by atoms with Crippen LogP contribution in [0, 0.1) is 5.92 Å². The van der Waals surface area contributed by atoms with Crippen LogP contribution in [0.3, 0.4) is 0 Å². The molecule has 6 heteroatoms. The maximum atomic E-state index is 12.5. The van der Waals surface area contributed by atoms with Gasteiger partial charge in [-0.15, -0.1) is 0 Å². The molecule has 1 aromatic heterocycles. The van der Waals surface area contributed by atoms with Crippen molar-refractivity contribution in [3.8, 4) is 5.69 Å². The molecule has 0 radical (unpaired) electrons. The lowest BCUT2D eigenvalue weighted by atomic mass is 9.97. The molecule has 3 rings (SSSR count). The monoisotopic (exact) mass is 299 g/mol. The van der Waals surface area contributed by atoms with E-state index in [-0.39, 0.29) is 12.5 Å². The average Bonchev–Trinajstić information content (AvgIpc) is 3.09. The predicted molar refractivity (Wildman–Crippen MR) is 79.8 cm³/mol. The molecule has 1 fully saturated rings. The highest BCUT2D eigenvalue weighted by molar-refractivity contribution is 5.94. The highest BCUT2D eigenvalue weighted by Gasteiger charge is 2.28. The average molecular weight is 299 g/mol. The van der Waals surface area contributed by atoms with Crippen LogP contribution < -0.4 is 0 Å². The molecular formula is C16H17N3O3. The van der Waals surface area contributed by atoms with Crippen LogP contribution in [0.4, 0.5) is 0 Å². The first-order valence-corrected chi connectivity index (χ1v) is 7.27. The molecule has 22 heavy (non-hydrogen) atoms. The Morgan fingerprint density at radius 1 is 1.23 bits per heavy atom. The topological polar surface area (TPSA) is 75.4 Å². The molecule has 1 aliphatic rings. The second-order valence-corrected chi connectivity index (χ2v) is 5.43. The number of carbonyl (C=O) groups excluding carboxylic acids is 1. The van der Waals surface area contributed by atoms with Crippen LogP contribution >= 0.6 is 0 Å². The molecule has 0 saturated carbocycles. The Kier molecular flexibility index (Phi) is 3.91. The van der Waals surface area contributed by atoms with Gasteiger partial charge in [0, 0.05) is 31.0 Å². The second-order valence-electron chi connectivity index (χ2n) is 5.43. The first kappa shape index (κ1) is 14.3. The molecule has 1 amide bonds. The lowest BCUT2D eigenvalue weighted by molar-refractivity contribution is -0.143. The van der Waals surface area contributed by atoms with Gasteiger partial charge in [-0.25, -0.2) is 4.68 Å². The van der Waals surface area contributed by atoms with E-state index >= 15 is 0 Å².